The molecule has 0 unspecified atom stereocenters. The summed E-state index contributed by atoms with van der Waals surface area (Å²) in [6.45, 7) is 0. The number of carbonyl (C=O) groups is 2. The number of halogens is 1. The number of nitrogens with one attached hydrogen (secondary N) is 1. The molecule has 2 aromatic carbocycles. The number of nitrogens with zero attached hydrogens (tertiary/aromatic N) is 2. The molecular formula is C20H18ClN3O2S. The molecule has 3 aromatic rings. The quantitative estimate of drug-likeness (QED) is 0.605. The maximum atomic E-state index is 12.4. The SMILES string of the molecule is Cn1ccnc1C(=O)c1ccc(NC(=O)CSCc2ccc(Cl)cc2)cc1. The zero-order valence-electron chi connectivity index (χ0n) is 14.7. The van der Waals surface area contributed by atoms with Crippen molar-refractivity contribution >= 4 is 40.7 Å². The average molecular weight is 400 g/mol. The Kier molecular flexibility index (Phi) is 6.32. The molecule has 0 fully saturated rings. The van der Waals surface area contributed by atoms with Crippen molar-refractivity contribution in [2.45, 2.75) is 5.75 Å². The van der Waals surface area contributed by atoms with Crippen LogP contribution in [0.2, 0.25) is 5.02 Å². The molecule has 1 amide bonds. The second-order valence-electron chi connectivity index (χ2n) is 5.94. The van der Waals surface area contributed by atoms with Crippen molar-refractivity contribution in [3.63, 3.8) is 0 Å². The lowest BCUT2D eigenvalue weighted by atomic mass is 10.1. The molecule has 7 heteroatoms. The van der Waals surface area contributed by atoms with Crippen LogP contribution in [0.3, 0.4) is 0 Å². The molecular weight excluding hydrogens is 382 g/mol. The third kappa shape index (κ3) is 5.21. The van der Waals surface area contributed by atoms with Gasteiger partial charge in [-0.1, -0.05) is 23.7 Å². The molecule has 138 valence electrons. The second-order valence-corrected chi connectivity index (χ2v) is 7.36. The summed E-state index contributed by atoms with van der Waals surface area (Å²) in [7, 11) is 1.77. The van der Waals surface area contributed by atoms with Crippen LogP contribution in [0.5, 0.6) is 0 Å². The summed E-state index contributed by atoms with van der Waals surface area (Å²) < 4.78 is 1.68. The molecule has 1 aromatic heterocycles. The van der Waals surface area contributed by atoms with E-state index in [1.54, 1.807) is 48.3 Å². The monoisotopic (exact) mass is 399 g/mol. The number of rotatable bonds is 7. The summed E-state index contributed by atoms with van der Waals surface area (Å²) in [4.78, 5) is 28.5. The van der Waals surface area contributed by atoms with Gasteiger partial charge in [-0.05, 0) is 42.0 Å². The minimum absolute atomic E-state index is 0.0860. The first-order chi connectivity index (χ1) is 13.0. The molecule has 0 aliphatic carbocycles. The number of thioether (sulfide) groups is 1. The van der Waals surface area contributed by atoms with Crippen molar-refractivity contribution in [2.24, 2.45) is 7.05 Å². The number of benzene rings is 2. The fraction of sp³-hybridized carbons (Fsp3) is 0.150. The molecule has 0 bridgehead atoms. The van der Waals surface area contributed by atoms with Crippen molar-refractivity contribution in [1.29, 1.82) is 0 Å². The van der Waals surface area contributed by atoms with Gasteiger partial charge in [-0.2, -0.15) is 0 Å². The van der Waals surface area contributed by atoms with Crippen LogP contribution >= 0.6 is 23.4 Å². The topological polar surface area (TPSA) is 64.0 Å². The summed E-state index contributed by atoms with van der Waals surface area (Å²) in [5, 5.41) is 3.54. The minimum atomic E-state index is -0.154. The van der Waals surface area contributed by atoms with Crippen LogP contribution in [-0.4, -0.2) is 27.0 Å². The molecule has 0 atom stereocenters. The lowest BCUT2D eigenvalue weighted by molar-refractivity contribution is -0.113. The molecule has 5 nitrogen and oxygen atoms in total. The Morgan fingerprint density at radius 1 is 1.11 bits per heavy atom. The van der Waals surface area contributed by atoms with Gasteiger partial charge in [0, 0.05) is 41.5 Å². The minimum Gasteiger partial charge on any atom is -0.331 e. The maximum Gasteiger partial charge on any atom is 0.234 e. The van der Waals surface area contributed by atoms with Gasteiger partial charge in [-0.3, -0.25) is 9.59 Å². The van der Waals surface area contributed by atoms with Crippen LogP contribution in [0.25, 0.3) is 0 Å². The van der Waals surface area contributed by atoms with E-state index < -0.39 is 0 Å². The van der Waals surface area contributed by atoms with E-state index in [-0.39, 0.29) is 11.7 Å². The summed E-state index contributed by atoms with van der Waals surface area (Å²) in [6, 6.07) is 14.4. The zero-order chi connectivity index (χ0) is 19.2. The van der Waals surface area contributed by atoms with E-state index in [0.29, 0.717) is 27.9 Å². The van der Waals surface area contributed by atoms with E-state index in [1.807, 2.05) is 24.3 Å². The molecule has 1 N–H and O–H groups in total. The highest BCUT2D eigenvalue weighted by atomic mass is 35.5. The molecule has 0 spiro atoms. The van der Waals surface area contributed by atoms with Crippen LogP contribution < -0.4 is 5.32 Å². The highest BCUT2D eigenvalue weighted by Gasteiger charge is 2.13. The third-order valence-electron chi connectivity index (χ3n) is 3.87. The van der Waals surface area contributed by atoms with Crippen LogP contribution in [-0.2, 0) is 17.6 Å². The summed E-state index contributed by atoms with van der Waals surface area (Å²) >= 11 is 7.38. The third-order valence-corrected chi connectivity index (χ3v) is 5.13. The van der Waals surface area contributed by atoms with Gasteiger partial charge < -0.3 is 9.88 Å². The number of amides is 1. The molecule has 0 radical (unpaired) electrons. The molecule has 0 saturated carbocycles. The predicted molar refractivity (Wildman–Crippen MR) is 109 cm³/mol. The van der Waals surface area contributed by atoms with E-state index in [9.17, 15) is 9.59 Å². The van der Waals surface area contributed by atoms with Crippen molar-refractivity contribution in [2.75, 3.05) is 11.1 Å². The normalized spacial score (nSPS) is 10.6. The van der Waals surface area contributed by atoms with E-state index in [1.165, 1.54) is 11.8 Å². The Bertz CT molecular complexity index is 937. The standard InChI is InChI=1S/C20H18ClN3O2S/c1-24-11-10-22-20(24)19(26)15-4-8-17(9-5-15)23-18(25)13-27-12-14-2-6-16(21)7-3-14/h2-11H,12-13H2,1H3,(H,23,25). The Balaban J connectivity index is 1.50. The number of hydrogen-bond donors (Lipinski definition) is 1. The number of imidazole rings is 1. The summed E-state index contributed by atoms with van der Waals surface area (Å²) in [6.07, 6.45) is 3.31. The van der Waals surface area contributed by atoms with Crippen LogP contribution in [0.15, 0.2) is 60.9 Å². The fourth-order valence-electron chi connectivity index (χ4n) is 2.46. The summed E-state index contributed by atoms with van der Waals surface area (Å²) in [5.74, 6) is 1.22. The lowest BCUT2D eigenvalue weighted by Crippen LogP contribution is -2.14. The van der Waals surface area contributed by atoms with Gasteiger partial charge in [0.05, 0.1) is 5.75 Å². The zero-order valence-corrected chi connectivity index (χ0v) is 16.3. The highest BCUT2D eigenvalue weighted by Crippen LogP contribution is 2.17. The van der Waals surface area contributed by atoms with Crippen LogP contribution in [0, 0.1) is 0 Å². The first-order valence-electron chi connectivity index (χ1n) is 8.27. The number of anilines is 1. The van der Waals surface area contributed by atoms with Gasteiger partial charge in [0.15, 0.2) is 5.82 Å². The molecule has 0 saturated heterocycles. The van der Waals surface area contributed by atoms with E-state index in [0.717, 1.165) is 11.3 Å². The van der Waals surface area contributed by atoms with Crippen LogP contribution in [0.1, 0.15) is 21.7 Å². The highest BCUT2D eigenvalue weighted by molar-refractivity contribution is 7.99. The van der Waals surface area contributed by atoms with Gasteiger partial charge in [0.2, 0.25) is 11.7 Å². The van der Waals surface area contributed by atoms with Crippen LogP contribution in [0.4, 0.5) is 5.69 Å². The number of ketones is 1. The molecule has 0 aliphatic rings. The van der Waals surface area contributed by atoms with Crippen molar-refractivity contribution in [3.05, 3.63) is 82.9 Å². The van der Waals surface area contributed by atoms with Gasteiger partial charge >= 0.3 is 0 Å². The first kappa shape index (κ1) is 19.2. The molecule has 3 rings (SSSR count). The van der Waals surface area contributed by atoms with E-state index in [4.69, 9.17) is 11.6 Å². The molecule has 0 aliphatic heterocycles. The maximum absolute atomic E-state index is 12.4. The van der Waals surface area contributed by atoms with Gasteiger partial charge in [-0.15, -0.1) is 11.8 Å². The summed E-state index contributed by atoms with van der Waals surface area (Å²) in [5.41, 5.74) is 2.30. The fourth-order valence-corrected chi connectivity index (χ4v) is 3.37. The largest absolute Gasteiger partial charge is 0.331 e. The lowest BCUT2D eigenvalue weighted by Gasteiger charge is -2.07. The number of aryl methyl sites for hydroxylation is 1. The van der Waals surface area contributed by atoms with Crippen molar-refractivity contribution < 1.29 is 9.59 Å². The Morgan fingerprint density at radius 2 is 1.81 bits per heavy atom. The average Bonchev–Trinajstić information content (AvgIpc) is 3.09. The Labute approximate surface area is 166 Å². The van der Waals surface area contributed by atoms with Gasteiger partial charge in [0.1, 0.15) is 0 Å². The van der Waals surface area contributed by atoms with E-state index in [2.05, 4.69) is 10.3 Å². The second kappa shape index (κ2) is 8.88. The molecule has 27 heavy (non-hydrogen) atoms. The van der Waals surface area contributed by atoms with E-state index >= 15 is 0 Å². The van der Waals surface area contributed by atoms with Crippen molar-refractivity contribution in [1.82, 2.24) is 9.55 Å². The molecule has 1 heterocycles. The van der Waals surface area contributed by atoms with Crippen molar-refractivity contribution in [3.8, 4) is 0 Å². The smallest absolute Gasteiger partial charge is 0.234 e. The first-order valence-corrected chi connectivity index (χ1v) is 9.80. The number of hydrogen-bond acceptors (Lipinski definition) is 4. The number of aromatic nitrogens is 2. The number of carbonyl (C=O) groups excluding carboxylic acids is 2. The van der Waals surface area contributed by atoms with Gasteiger partial charge in [0.25, 0.3) is 0 Å². The predicted octanol–water partition coefficient (Wildman–Crippen LogP) is 4.18. The Hall–Kier alpha value is -2.57. The Morgan fingerprint density at radius 3 is 2.44 bits per heavy atom. The van der Waals surface area contributed by atoms with Gasteiger partial charge in [-0.25, -0.2) is 4.98 Å².